The van der Waals surface area contributed by atoms with Crippen LogP contribution in [0.5, 0.6) is 0 Å². The number of methoxy groups -OCH3 is 1. The fraction of sp³-hybridized carbons (Fsp3) is 0.316. The standard InChI is InChI=1S/C19H19BrFN3O5/c1-8-14(23-12-4-3-9(20)7-11(12)21)13(19(27)28)15-10(16(29-2)17(22)25)5-6-24(15)18(8)26/h3-4,7,10,16,23H,5-6H2,1-2H3,(H2,22,25)(H,27,28). The summed E-state index contributed by atoms with van der Waals surface area (Å²) in [7, 11) is 1.29. The van der Waals surface area contributed by atoms with E-state index in [1.165, 1.54) is 30.7 Å². The number of nitrogens with zero attached hydrogens (tertiary/aromatic N) is 1. The SMILES string of the molecule is COC(C(N)=O)C1CCn2c1c(C(=O)O)c(Nc1ccc(Br)cc1F)c(C)c2=O. The first-order valence-corrected chi connectivity index (χ1v) is 9.51. The number of rotatable bonds is 6. The zero-order chi connectivity index (χ0) is 21.5. The number of benzene rings is 1. The van der Waals surface area contributed by atoms with Crippen molar-refractivity contribution in [3.05, 3.63) is 55.7 Å². The molecule has 1 aliphatic rings. The van der Waals surface area contributed by atoms with Gasteiger partial charge in [-0.25, -0.2) is 9.18 Å². The Morgan fingerprint density at radius 2 is 2.14 bits per heavy atom. The lowest BCUT2D eigenvalue weighted by atomic mass is 9.92. The zero-order valence-electron chi connectivity index (χ0n) is 15.7. The van der Waals surface area contributed by atoms with Gasteiger partial charge in [-0.15, -0.1) is 0 Å². The maximum absolute atomic E-state index is 14.3. The molecule has 2 atom stereocenters. The first-order chi connectivity index (χ1) is 13.7. The molecule has 1 amide bonds. The second-order valence-electron chi connectivity index (χ2n) is 6.73. The van der Waals surface area contributed by atoms with Crippen molar-refractivity contribution in [1.82, 2.24) is 4.57 Å². The molecule has 1 aliphatic heterocycles. The number of halogens is 2. The first-order valence-electron chi connectivity index (χ1n) is 8.72. The maximum atomic E-state index is 14.3. The Labute approximate surface area is 173 Å². The molecule has 0 radical (unpaired) electrons. The number of carbonyl (C=O) groups excluding carboxylic acids is 1. The van der Waals surface area contributed by atoms with E-state index in [9.17, 15) is 23.9 Å². The van der Waals surface area contributed by atoms with Crippen molar-refractivity contribution in [3.8, 4) is 0 Å². The molecule has 3 rings (SSSR count). The molecule has 2 heterocycles. The summed E-state index contributed by atoms with van der Waals surface area (Å²) in [6, 6.07) is 4.22. The summed E-state index contributed by atoms with van der Waals surface area (Å²) in [5, 5.41) is 12.7. The van der Waals surface area contributed by atoms with Gasteiger partial charge in [-0.3, -0.25) is 9.59 Å². The van der Waals surface area contributed by atoms with E-state index in [0.717, 1.165) is 0 Å². The number of pyridine rings is 1. The molecule has 154 valence electrons. The minimum atomic E-state index is -1.32. The second-order valence-corrected chi connectivity index (χ2v) is 7.64. The zero-order valence-corrected chi connectivity index (χ0v) is 17.2. The van der Waals surface area contributed by atoms with E-state index in [2.05, 4.69) is 21.2 Å². The van der Waals surface area contributed by atoms with Crippen molar-refractivity contribution >= 4 is 39.2 Å². The number of aromatic carboxylic acids is 1. The van der Waals surface area contributed by atoms with E-state index in [0.29, 0.717) is 10.9 Å². The maximum Gasteiger partial charge on any atom is 0.339 e. The highest BCUT2D eigenvalue weighted by Crippen LogP contribution is 2.38. The highest BCUT2D eigenvalue weighted by molar-refractivity contribution is 9.10. The number of nitrogens with two attached hydrogens (primary N) is 1. The minimum Gasteiger partial charge on any atom is -0.478 e. The number of anilines is 2. The Hall–Kier alpha value is -2.72. The molecule has 1 aromatic heterocycles. The number of nitrogens with one attached hydrogen (secondary N) is 1. The average Bonchev–Trinajstić information content (AvgIpc) is 3.06. The summed E-state index contributed by atoms with van der Waals surface area (Å²) in [6.07, 6.45) is -0.784. The van der Waals surface area contributed by atoms with E-state index in [1.54, 1.807) is 6.07 Å². The van der Waals surface area contributed by atoms with Crippen molar-refractivity contribution in [2.45, 2.75) is 31.9 Å². The lowest BCUT2D eigenvalue weighted by Gasteiger charge is -2.23. The number of aromatic nitrogens is 1. The number of fused-ring (bicyclic) bond motifs is 1. The quantitative estimate of drug-likeness (QED) is 0.599. The molecule has 0 saturated carbocycles. The fourth-order valence-corrected chi connectivity index (χ4v) is 4.09. The monoisotopic (exact) mass is 467 g/mol. The molecule has 0 fully saturated rings. The van der Waals surface area contributed by atoms with Gasteiger partial charge in [0.25, 0.3) is 5.56 Å². The smallest absolute Gasteiger partial charge is 0.339 e. The summed E-state index contributed by atoms with van der Waals surface area (Å²) in [5.41, 5.74) is 5.02. The number of primary amides is 1. The molecular weight excluding hydrogens is 449 g/mol. The van der Waals surface area contributed by atoms with Gasteiger partial charge in [-0.2, -0.15) is 0 Å². The van der Waals surface area contributed by atoms with Crippen molar-refractivity contribution < 1.29 is 23.8 Å². The molecule has 2 aromatic rings. The third-order valence-corrected chi connectivity index (χ3v) is 5.55. The van der Waals surface area contributed by atoms with E-state index in [1.807, 2.05) is 0 Å². The Morgan fingerprint density at radius 3 is 2.69 bits per heavy atom. The number of carboxylic acid groups (broad SMARTS) is 1. The number of carbonyl (C=O) groups is 2. The summed E-state index contributed by atoms with van der Waals surface area (Å²) in [5.74, 6) is -3.42. The van der Waals surface area contributed by atoms with Gasteiger partial charge in [-0.05, 0) is 31.5 Å². The Balaban J connectivity index is 2.25. The Bertz CT molecular complexity index is 1070. The van der Waals surface area contributed by atoms with E-state index >= 15 is 0 Å². The first kappa shape index (κ1) is 21.0. The van der Waals surface area contributed by atoms with Crippen LogP contribution in [-0.2, 0) is 16.1 Å². The second kappa shape index (κ2) is 7.96. The van der Waals surface area contributed by atoms with Crippen LogP contribution in [-0.4, -0.2) is 34.8 Å². The summed E-state index contributed by atoms with van der Waals surface area (Å²) in [6.45, 7) is 1.69. The van der Waals surface area contributed by atoms with Crippen molar-refractivity contribution in [1.29, 1.82) is 0 Å². The van der Waals surface area contributed by atoms with Crippen LogP contribution in [0.15, 0.2) is 27.5 Å². The summed E-state index contributed by atoms with van der Waals surface area (Å²) in [4.78, 5) is 36.9. The number of carboxylic acids is 1. The van der Waals surface area contributed by atoms with Gasteiger partial charge in [-0.1, -0.05) is 15.9 Å². The molecule has 0 saturated heterocycles. The predicted molar refractivity (Wildman–Crippen MR) is 107 cm³/mol. The number of amides is 1. The van der Waals surface area contributed by atoms with Crippen LogP contribution in [0.4, 0.5) is 15.8 Å². The van der Waals surface area contributed by atoms with Crippen LogP contribution in [0, 0.1) is 12.7 Å². The lowest BCUT2D eigenvalue weighted by Crippen LogP contribution is -2.36. The van der Waals surface area contributed by atoms with Gasteiger partial charge in [0.05, 0.1) is 11.4 Å². The van der Waals surface area contributed by atoms with Gasteiger partial charge in [0, 0.05) is 35.3 Å². The summed E-state index contributed by atoms with van der Waals surface area (Å²) >= 11 is 3.16. The molecule has 4 N–H and O–H groups in total. The van der Waals surface area contributed by atoms with E-state index in [4.69, 9.17) is 10.5 Å². The van der Waals surface area contributed by atoms with Crippen LogP contribution < -0.4 is 16.6 Å². The summed E-state index contributed by atoms with van der Waals surface area (Å²) < 4.78 is 21.3. The van der Waals surface area contributed by atoms with Gasteiger partial charge in [0.2, 0.25) is 5.91 Å². The highest BCUT2D eigenvalue weighted by atomic mass is 79.9. The van der Waals surface area contributed by atoms with Gasteiger partial charge < -0.3 is 25.5 Å². The Morgan fingerprint density at radius 1 is 1.45 bits per heavy atom. The molecule has 8 nitrogen and oxygen atoms in total. The van der Waals surface area contributed by atoms with Crippen LogP contribution in [0.1, 0.15) is 34.0 Å². The normalized spacial score (nSPS) is 16.3. The van der Waals surface area contributed by atoms with Gasteiger partial charge in [0.15, 0.2) is 0 Å². The van der Waals surface area contributed by atoms with Crippen molar-refractivity contribution in [2.75, 3.05) is 12.4 Å². The van der Waals surface area contributed by atoms with Crippen LogP contribution in [0.2, 0.25) is 0 Å². The van der Waals surface area contributed by atoms with E-state index < -0.39 is 35.3 Å². The van der Waals surface area contributed by atoms with Crippen LogP contribution >= 0.6 is 15.9 Å². The molecule has 0 bridgehead atoms. The third kappa shape index (κ3) is 3.65. The number of hydrogen-bond donors (Lipinski definition) is 3. The predicted octanol–water partition coefficient (Wildman–Crippen LogP) is 2.49. The molecule has 10 heteroatoms. The fourth-order valence-electron chi connectivity index (χ4n) is 3.75. The van der Waals surface area contributed by atoms with Crippen molar-refractivity contribution in [3.63, 3.8) is 0 Å². The van der Waals surface area contributed by atoms with E-state index in [-0.39, 0.29) is 34.7 Å². The molecule has 0 aliphatic carbocycles. The molecule has 0 spiro atoms. The number of hydrogen-bond acceptors (Lipinski definition) is 5. The third-order valence-electron chi connectivity index (χ3n) is 5.06. The minimum absolute atomic E-state index is 0.0101. The van der Waals surface area contributed by atoms with Gasteiger partial charge in [0.1, 0.15) is 17.5 Å². The lowest BCUT2D eigenvalue weighted by molar-refractivity contribution is -0.129. The Kier molecular flexibility index (Phi) is 5.76. The highest BCUT2D eigenvalue weighted by Gasteiger charge is 2.39. The van der Waals surface area contributed by atoms with Gasteiger partial charge >= 0.3 is 5.97 Å². The average molecular weight is 468 g/mol. The number of ether oxygens (including phenoxy) is 1. The molecular formula is C19H19BrFN3O5. The molecule has 2 unspecified atom stereocenters. The van der Waals surface area contributed by atoms with Crippen molar-refractivity contribution in [2.24, 2.45) is 5.73 Å². The molecule has 29 heavy (non-hydrogen) atoms. The van der Waals surface area contributed by atoms with Crippen LogP contribution in [0.25, 0.3) is 0 Å². The van der Waals surface area contributed by atoms with Crippen LogP contribution in [0.3, 0.4) is 0 Å². The molecule has 1 aromatic carbocycles. The topological polar surface area (TPSA) is 124 Å². The largest absolute Gasteiger partial charge is 0.478 e.